The van der Waals surface area contributed by atoms with E-state index in [4.69, 9.17) is 23.1 Å². The molecule has 1 aromatic rings. The van der Waals surface area contributed by atoms with E-state index in [-0.39, 0.29) is 34.5 Å². The number of ether oxygens (including phenoxy) is 3. The SMILES string of the molecule is C=C[C@@H](O[Si](C)(C)C(C)(C)C)[C@H](CO[Si](C)(C)C(C)(C)C)O[C@@H]1CO[C@@H](c2ccccc2)O[C@H]1CC(=C)C. The number of benzene rings is 1. The van der Waals surface area contributed by atoms with Crippen LogP contribution in [0.2, 0.25) is 36.3 Å². The maximum atomic E-state index is 6.84. The molecule has 5 nitrogen and oxygen atoms in total. The van der Waals surface area contributed by atoms with Crippen molar-refractivity contribution in [1.29, 1.82) is 0 Å². The van der Waals surface area contributed by atoms with Gasteiger partial charge in [-0.15, -0.1) is 13.2 Å². The standard InChI is InChI=1S/C31H54O5Si2/c1-14-25(36-38(12,13)31(7,8)9)28(22-33-37(10,11)30(4,5)6)34-27-21-32-29(24-18-16-15-17-19-24)35-26(27)20-23(2)3/h14-19,25-29H,1-2,20-22H2,3-13H3/t25-,26+,27-,28+,29-/m1/s1. The molecule has 1 aliphatic heterocycles. The molecule has 0 N–H and O–H groups in total. The molecule has 1 aliphatic rings. The molecule has 2 rings (SSSR count). The van der Waals surface area contributed by atoms with Crippen LogP contribution in [0, 0.1) is 0 Å². The third-order valence-electron chi connectivity index (χ3n) is 8.35. The molecule has 0 aliphatic carbocycles. The van der Waals surface area contributed by atoms with Crippen LogP contribution in [0.5, 0.6) is 0 Å². The van der Waals surface area contributed by atoms with Gasteiger partial charge in [0.25, 0.3) is 0 Å². The van der Waals surface area contributed by atoms with Gasteiger partial charge in [-0.1, -0.05) is 83.5 Å². The minimum atomic E-state index is -2.10. The van der Waals surface area contributed by atoms with Crippen molar-refractivity contribution in [2.24, 2.45) is 0 Å². The van der Waals surface area contributed by atoms with Crippen LogP contribution < -0.4 is 0 Å². The molecule has 38 heavy (non-hydrogen) atoms. The Bertz CT molecular complexity index is 901. The zero-order valence-electron chi connectivity index (χ0n) is 25.9. The molecule has 0 bridgehead atoms. The monoisotopic (exact) mass is 562 g/mol. The van der Waals surface area contributed by atoms with Crippen LogP contribution in [0.25, 0.3) is 0 Å². The van der Waals surface area contributed by atoms with Gasteiger partial charge in [0.15, 0.2) is 22.9 Å². The Balaban J connectivity index is 2.33. The van der Waals surface area contributed by atoms with Crippen molar-refractivity contribution in [3.8, 4) is 0 Å². The van der Waals surface area contributed by atoms with Gasteiger partial charge in [0.05, 0.1) is 25.4 Å². The highest BCUT2D eigenvalue weighted by Crippen LogP contribution is 2.40. The molecule has 0 spiro atoms. The van der Waals surface area contributed by atoms with E-state index in [1.807, 2.05) is 43.3 Å². The van der Waals surface area contributed by atoms with Crippen molar-refractivity contribution in [3.63, 3.8) is 0 Å². The summed E-state index contributed by atoms with van der Waals surface area (Å²) in [5, 5.41) is 0.144. The van der Waals surface area contributed by atoms with Crippen molar-refractivity contribution in [2.45, 2.75) is 122 Å². The summed E-state index contributed by atoms with van der Waals surface area (Å²) in [5.41, 5.74) is 2.05. The predicted molar refractivity (Wildman–Crippen MR) is 164 cm³/mol. The van der Waals surface area contributed by atoms with Gasteiger partial charge in [-0.25, -0.2) is 0 Å². The van der Waals surface area contributed by atoms with Gasteiger partial charge in [0.2, 0.25) is 0 Å². The van der Waals surface area contributed by atoms with Gasteiger partial charge >= 0.3 is 0 Å². The highest BCUT2D eigenvalue weighted by Gasteiger charge is 2.44. The molecule has 1 saturated heterocycles. The Kier molecular flexibility index (Phi) is 11.4. The van der Waals surface area contributed by atoms with Gasteiger partial charge < -0.3 is 23.1 Å². The van der Waals surface area contributed by atoms with Crippen LogP contribution in [-0.4, -0.2) is 54.3 Å². The van der Waals surface area contributed by atoms with Crippen LogP contribution in [0.1, 0.15) is 66.7 Å². The molecule has 216 valence electrons. The molecule has 0 unspecified atom stereocenters. The summed E-state index contributed by atoms with van der Waals surface area (Å²) >= 11 is 0. The lowest BCUT2D eigenvalue weighted by atomic mass is 10.0. The summed E-state index contributed by atoms with van der Waals surface area (Å²) in [6, 6.07) is 10.0. The maximum absolute atomic E-state index is 6.84. The van der Waals surface area contributed by atoms with E-state index < -0.39 is 22.9 Å². The minimum absolute atomic E-state index is 0.0571. The second-order valence-corrected chi connectivity index (χ2v) is 23.3. The van der Waals surface area contributed by atoms with Crippen molar-refractivity contribution >= 4 is 16.6 Å². The lowest BCUT2D eigenvalue weighted by Gasteiger charge is -2.44. The van der Waals surface area contributed by atoms with Crippen LogP contribution >= 0.6 is 0 Å². The van der Waals surface area contributed by atoms with E-state index >= 15 is 0 Å². The van der Waals surface area contributed by atoms with E-state index in [0.29, 0.717) is 19.6 Å². The first-order chi connectivity index (χ1) is 17.4. The fourth-order valence-electron chi connectivity index (χ4n) is 3.75. The van der Waals surface area contributed by atoms with Gasteiger partial charge in [-0.2, -0.15) is 0 Å². The van der Waals surface area contributed by atoms with Crippen LogP contribution in [0.4, 0.5) is 0 Å². The lowest BCUT2D eigenvalue weighted by molar-refractivity contribution is -0.276. The minimum Gasteiger partial charge on any atom is -0.414 e. The maximum Gasteiger partial charge on any atom is 0.193 e. The fraction of sp³-hybridized carbons (Fsp3) is 0.677. The Hall–Kier alpha value is -1.07. The molecule has 1 aromatic carbocycles. The van der Waals surface area contributed by atoms with E-state index in [2.05, 4.69) is 80.9 Å². The molecule has 0 amide bonds. The number of hydrogen-bond acceptors (Lipinski definition) is 5. The molecule has 0 aromatic heterocycles. The summed E-state index contributed by atoms with van der Waals surface area (Å²) < 4.78 is 33.0. The van der Waals surface area contributed by atoms with Crippen molar-refractivity contribution in [3.05, 3.63) is 60.7 Å². The van der Waals surface area contributed by atoms with E-state index in [1.54, 1.807) is 0 Å². The van der Waals surface area contributed by atoms with Crippen LogP contribution in [0.3, 0.4) is 0 Å². The molecular formula is C31H54O5Si2. The second kappa shape index (κ2) is 13.1. The van der Waals surface area contributed by atoms with E-state index in [1.165, 1.54) is 0 Å². The van der Waals surface area contributed by atoms with Crippen molar-refractivity contribution in [1.82, 2.24) is 0 Å². The highest BCUT2D eigenvalue weighted by atomic mass is 28.4. The Labute approximate surface area is 235 Å². The molecular weight excluding hydrogens is 509 g/mol. The summed E-state index contributed by atoms with van der Waals surface area (Å²) in [5.74, 6) is 0. The fourth-order valence-corrected chi connectivity index (χ4v) is 6.04. The van der Waals surface area contributed by atoms with Gasteiger partial charge in [-0.3, -0.25) is 0 Å². The zero-order valence-corrected chi connectivity index (χ0v) is 27.9. The second-order valence-electron chi connectivity index (χ2n) is 13.8. The molecule has 1 heterocycles. The van der Waals surface area contributed by atoms with Crippen LogP contribution in [0.15, 0.2) is 55.1 Å². The first-order valence-electron chi connectivity index (χ1n) is 13.9. The molecule has 1 fully saturated rings. The van der Waals surface area contributed by atoms with Gasteiger partial charge in [0, 0.05) is 5.56 Å². The first-order valence-corrected chi connectivity index (χ1v) is 19.8. The topological polar surface area (TPSA) is 46.2 Å². The Morgan fingerprint density at radius 3 is 2.11 bits per heavy atom. The normalized spacial score (nSPS) is 23.1. The van der Waals surface area contributed by atoms with Gasteiger partial charge in [0.1, 0.15) is 12.2 Å². The van der Waals surface area contributed by atoms with Gasteiger partial charge in [-0.05, 0) is 49.6 Å². The highest BCUT2D eigenvalue weighted by molar-refractivity contribution is 6.74. The summed E-state index contributed by atoms with van der Waals surface area (Å²) in [4.78, 5) is 0. The number of rotatable bonds is 12. The zero-order chi connectivity index (χ0) is 28.9. The summed E-state index contributed by atoms with van der Waals surface area (Å²) in [6.45, 7) is 33.7. The molecule has 0 saturated carbocycles. The molecule has 5 atom stereocenters. The summed E-state index contributed by atoms with van der Waals surface area (Å²) in [6.07, 6.45) is 1.01. The smallest absolute Gasteiger partial charge is 0.193 e. The average molecular weight is 563 g/mol. The Morgan fingerprint density at radius 2 is 1.61 bits per heavy atom. The molecule has 0 radical (unpaired) electrons. The third kappa shape index (κ3) is 8.98. The first kappa shape index (κ1) is 33.1. The lowest BCUT2D eigenvalue weighted by Crippen LogP contribution is -2.53. The van der Waals surface area contributed by atoms with E-state index in [9.17, 15) is 0 Å². The summed E-state index contributed by atoms with van der Waals surface area (Å²) in [7, 11) is -4.12. The molecule has 7 heteroatoms. The van der Waals surface area contributed by atoms with Crippen molar-refractivity contribution in [2.75, 3.05) is 13.2 Å². The average Bonchev–Trinajstić information content (AvgIpc) is 2.80. The Morgan fingerprint density at radius 1 is 1.03 bits per heavy atom. The van der Waals surface area contributed by atoms with E-state index in [0.717, 1.165) is 11.1 Å². The largest absolute Gasteiger partial charge is 0.414 e. The third-order valence-corrected chi connectivity index (χ3v) is 17.3. The van der Waals surface area contributed by atoms with Crippen LogP contribution in [-0.2, 0) is 23.1 Å². The number of hydrogen-bond donors (Lipinski definition) is 0. The predicted octanol–water partition coefficient (Wildman–Crippen LogP) is 8.42. The quantitative estimate of drug-likeness (QED) is 0.189. The van der Waals surface area contributed by atoms with Crippen molar-refractivity contribution < 1.29 is 23.1 Å².